The maximum Gasteiger partial charge on any atom is 0.294 e. The number of hydrogen-bond acceptors (Lipinski definition) is 9. The number of aromatic nitrogens is 3. The average Bonchev–Trinajstić information content (AvgIpc) is 3.71. The summed E-state index contributed by atoms with van der Waals surface area (Å²) in [5.74, 6) is -1.78. The average molecular weight is 641 g/mol. The summed E-state index contributed by atoms with van der Waals surface area (Å²) in [6.07, 6.45) is 15.3. The third-order valence-corrected chi connectivity index (χ3v) is 7.64. The van der Waals surface area contributed by atoms with E-state index in [2.05, 4.69) is 96.5 Å². The van der Waals surface area contributed by atoms with Gasteiger partial charge in [-0.2, -0.15) is 5.32 Å². The lowest BCUT2D eigenvalue weighted by Gasteiger charge is -2.50. The van der Waals surface area contributed by atoms with E-state index in [1.54, 1.807) is 47.1 Å². The highest BCUT2D eigenvalue weighted by Crippen LogP contribution is 2.51. The number of hydrogen-bond donors (Lipinski definition) is 0. The summed E-state index contributed by atoms with van der Waals surface area (Å²) in [6, 6.07) is 8.07. The number of likely N-dealkylation sites (tertiary alicyclic amines) is 1. The molecule has 4 aromatic rings. The van der Waals surface area contributed by atoms with Crippen LogP contribution >= 0.6 is 0 Å². The van der Waals surface area contributed by atoms with Crippen LogP contribution in [0, 0.1) is 97.7 Å². The van der Waals surface area contributed by atoms with Crippen LogP contribution in [0.25, 0.3) is 16.9 Å². The van der Waals surface area contributed by atoms with E-state index in [9.17, 15) is 19.2 Å². The lowest BCUT2D eigenvalue weighted by molar-refractivity contribution is -0.130. The lowest BCUT2D eigenvalue weighted by Crippen LogP contribution is -2.51. The number of carbonyl (C=O) groups is 3. The van der Waals surface area contributed by atoms with Crippen LogP contribution in [0.15, 0.2) is 53.7 Å². The number of anilines is 1. The Morgan fingerprint density at radius 1 is 0.939 bits per heavy atom. The number of fused-ring (bicyclic) bond motifs is 2. The van der Waals surface area contributed by atoms with Gasteiger partial charge in [-0.1, -0.05) is 6.07 Å². The summed E-state index contributed by atoms with van der Waals surface area (Å²) in [5, 5.41) is 3.28. The zero-order chi connectivity index (χ0) is 34.0. The quantitative estimate of drug-likeness (QED) is 0.278. The molecular formula is C36H14N7O6. The molecule has 0 unspecified atom stereocenters. The van der Waals surface area contributed by atoms with Crippen molar-refractivity contribution in [3.05, 3.63) is 168 Å². The second kappa shape index (κ2) is 11.8. The van der Waals surface area contributed by atoms with Gasteiger partial charge in [-0.3, -0.25) is 28.5 Å². The molecule has 13 heteroatoms. The molecule has 2 aromatic heterocycles. The molecule has 3 fully saturated rings. The monoisotopic (exact) mass is 640 g/mol. The molecule has 3 saturated heterocycles. The van der Waals surface area contributed by atoms with Gasteiger partial charge in [0, 0.05) is 67.1 Å². The SMILES string of the molecule is [CH2]Oc1cc(-c2cn([CH2])c(=O)c3nccn23)cc(O[CH2])c1[C]N1[C][C]C2([C][C]1)[C]N(c1ccc3c(c1)C(=O)N([C]1[C][C]C(=O)[N]C1=O)[C]3)[C]2. The van der Waals surface area contributed by atoms with E-state index in [1.807, 2.05) is 0 Å². The van der Waals surface area contributed by atoms with Crippen LogP contribution in [0.4, 0.5) is 5.69 Å². The van der Waals surface area contributed by atoms with E-state index in [-0.39, 0.29) is 34.3 Å². The van der Waals surface area contributed by atoms with Crippen molar-refractivity contribution in [1.29, 1.82) is 0 Å². The van der Waals surface area contributed by atoms with Crippen molar-refractivity contribution in [2.75, 3.05) is 4.90 Å². The summed E-state index contributed by atoms with van der Waals surface area (Å²) in [6.45, 7) is 17.9. The van der Waals surface area contributed by atoms with E-state index in [4.69, 9.17) is 9.47 Å². The van der Waals surface area contributed by atoms with Gasteiger partial charge in [0.15, 0.2) is 6.04 Å². The number of benzene rings is 2. The molecule has 0 N–H and O–H groups in total. The second-order valence-electron chi connectivity index (χ2n) is 10.6. The minimum absolute atomic E-state index is 0.194. The van der Waals surface area contributed by atoms with Crippen molar-refractivity contribution in [2.45, 2.75) is 0 Å². The molecule has 4 aliphatic rings. The molecule has 0 aliphatic carbocycles. The Labute approximate surface area is 283 Å². The lowest BCUT2D eigenvalue weighted by atomic mass is 9.71. The van der Waals surface area contributed by atoms with Gasteiger partial charge in [-0.25, -0.2) is 4.98 Å². The number of rotatable bonds is 7. The molecule has 4 aliphatic heterocycles. The standard InChI is InChI=1S/C36H14N7O6/c1-39-19-28(42-13-10-37-32(42)35(39)47)23-14-29(48-2)26(30(15-23)49-3)18-40-11-8-36(9-12-40)20-41(21-36)24-5-4-22-17-43(34(46)25(22)16-24)27-6-7-31(44)38-33(27)45/h4-5,10,13-16,19H,1-3H2. The van der Waals surface area contributed by atoms with Crippen molar-refractivity contribution < 1.29 is 23.9 Å². The normalized spacial score (nSPS) is 19.4. The Bertz CT molecular complexity index is 2040. The minimum Gasteiger partial charge on any atom is -0.490 e. The number of carbonyl (C=O) groups excluding carboxylic acids is 3. The molecule has 229 valence electrons. The zero-order valence-corrected chi connectivity index (χ0v) is 24.8. The van der Waals surface area contributed by atoms with Crippen molar-refractivity contribution in [3.63, 3.8) is 0 Å². The van der Waals surface area contributed by atoms with Gasteiger partial charge < -0.3 is 23.8 Å². The predicted octanol–water partition coefficient (Wildman–Crippen LogP) is 1.88. The number of amides is 3. The Balaban J connectivity index is 0.925. The fourth-order valence-electron chi connectivity index (χ4n) is 5.31. The molecule has 6 heterocycles. The summed E-state index contributed by atoms with van der Waals surface area (Å²) in [7, 11) is 10.9. The highest BCUT2D eigenvalue weighted by Gasteiger charge is 2.50. The van der Waals surface area contributed by atoms with Crippen LogP contribution in [0.5, 0.6) is 11.5 Å². The van der Waals surface area contributed by atoms with Crippen LogP contribution in [-0.2, 0) is 9.59 Å². The smallest absolute Gasteiger partial charge is 0.294 e. The molecule has 0 saturated carbocycles. The predicted molar refractivity (Wildman–Crippen MR) is 163 cm³/mol. The van der Waals surface area contributed by atoms with Crippen molar-refractivity contribution in [2.24, 2.45) is 5.41 Å². The first-order valence-corrected chi connectivity index (χ1v) is 14.0. The highest BCUT2D eigenvalue weighted by atomic mass is 16.5. The van der Waals surface area contributed by atoms with Crippen molar-refractivity contribution in [1.82, 2.24) is 29.1 Å². The highest BCUT2D eigenvalue weighted by molar-refractivity contribution is 6.14. The Morgan fingerprint density at radius 3 is 2.37 bits per heavy atom. The van der Waals surface area contributed by atoms with Gasteiger partial charge in [0.1, 0.15) is 51.9 Å². The fourth-order valence-corrected chi connectivity index (χ4v) is 5.31. The van der Waals surface area contributed by atoms with E-state index in [0.717, 1.165) is 4.90 Å². The molecule has 49 heavy (non-hydrogen) atoms. The number of nitrogens with zero attached hydrogens (tertiary/aromatic N) is 7. The van der Waals surface area contributed by atoms with E-state index in [0.29, 0.717) is 28.1 Å². The topological polar surface area (TPSA) is 133 Å². The van der Waals surface area contributed by atoms with Crippen LogP contribution in [-0.4, -0.2) is 41.5 Å². The summed E-state index contributed by atoms with van der Waals surface area (Å²) in [4.78, 5) is 56.9. The third-order valence-electron chi connectivity index (χ3n) is 7.64. The number of piperidine rings is 2. The van der Waals surface area contributed by atoms with Gasteiger partial charge in [0.05, 0.1) is 30.8 Å². The first-order chi connectivity index (χ1) is 23.7. The van der Waals surface area contributed by atoms with Gasteiger partial charge in [-0.15, -0.1) is 0 Å². The molecular weight excluding hydrogens is 626 g/mol. The first kappa shape index (κ1) is 31.1. The summed E-state index contributed by atoms with van der Waals surface area (Å²) in [5.41, 5.74) is 1.49. The Hall–Kier alpha value is -5.17. The van der Waals surface area contributed by atoms with Gasteiger partial charge in [0.25, 0.3) is 23.3 Å². The molecule has 1 spiro atoms. The fraction of sp³-hybridized carbons (Fsp3) is 0.0278. The van der Waals surface area contributed by atoms with E-state index in [1.165, 1.54) is 20.6 Å². The molecule has 0 bridgehead atoms. The second-order valence-corrected chi connectivity index (χ2v) is 10.6. The Kier molecular flexibility index (Phi) is 7.47. The van der Waals surface area contributed by atoms with Crippen LogP contribution in [0.3, 0.4) is 0 Å². The molecule has 25 radical (unpaired) electrons. The van der Waals surface area contributed by atoms with Crippen molar-refractivity contribution >= 4 is 29.1 Å². The Morgan fingerprint density at radius 2 is 1.67 bits per heavy atom. The minimum atomic E-state index is -1.10. The number of ether oxygens (including phenoxy) is 2. The molecule has 0 atom stereocenters. The van der Waals surface area contributed by atoms with Gasteiger partial charge >= 0.3 is 0 Å². The first-order valence-electron chi connectivity index (χ1n) is 14.0. The van der Waals surface area contributed by atoms with E-state index >= 15 is 0 Å². The number of imidazole rings is 1. The van der Waals surface area contributed by atoms with Crippen LogP contribution in [0.1, 0.15) is 21.5 Å². The molecule has 8 rings (SSSR count). The maximum atomic E-state index is 13.1. The molecule has 2 aromatic carbocycles. The molecule has 13 nitrogen and oxygen atoms in total. The summed E-state index contributed by atoms with van der Waals surface area (Å²) < 4.78 is 13.6. The zero-order valence-electron chi connectivity index (χ0n) is 24.8. The van der Waals surface area contributed by atoms with Gasteiger partial charge in [0.2, 0.25) is 5.65 Å². The third kappa shape index (κ3) is 5.23. The summed E-state index contributed by atoms with van der Waals surface area (Å²) >= 11 is 0. The largest absolute Gasteiger partial charge is 0.490 e. The number of imide groups is 1. The van der Waals surface area contributed by atoms with Gasteiger partial charge in [-0.05, 0) is 29.8 Å². The van der Waals surface area contributed by atoms with E-state index < -0.39 is 23.1 Å². The van der Waals surface area contributed by atoms with Crippen molar-refractivity contribution in [3.8, 4) is 22.8 Å². The molecule has 3 amide bonds. The maximum absolute atomic E-state index is 13.1. The van der Waals surface area contributed by atoms with Crippen LogP contribution in [0.2, 0.25) is 0 Å². The van der Waals surface area contributed by atoms with Crippen LogP contribution < -0.4 is 25.2 Å².